The lowest BCUT2D eigenvalue weighted by Gasteiger charge is -2.11. The number of hydrogen-bond acceptors (Lipinski definition) is 5. The Hall–Kier alpha value is -1.24. The van der Waals surface area contributed by atoms with Gasteiger partial charge in [-0.05, 0) is 20.3 Å². The van der Waals surface area contributed by atoms with Crippen LogP contribution in [0.4, 0.5) is 10.2 Å². The Balaban J connectivity index is 2.34. The monoisotopic (exact) mass is 273 g/mol. The number of rotatable bonds is 3. The number of anilines is 1. The van der Waals surface area contributed by atoms with E-state index in [9.17, 15) is 12.8 Å². The number of sulfone groups is 1. The molecule has 5 nitrogen and oxygen atoms in total. The number of aromatic nitrogens is 2. The maximum atomic E-state index is 13.7. The van der Waals surface area contributed by atoms with Gasteiger partial charge in [0.1, 0.15) is 5.82 Å². The minimum Gasteiger partial charge on any atom is -0.368 e. The first-order valence-electron chi connectivity index (χ1n) is 5.91. The predicted octanol–water partition coefficient (Wildman–Crippen LogP) is 1.26. The van der Waals surface area contributed by atoms with Crippen molar-refractivity contribution in [1.82, 2.24) is 9.97 Å². The molecule has 1 aliphatic rings. The lowest BCUT2D eigenvalue weighted by molar-refractivity contribution is 0.590. The summed E-state index contributed by atoms with van der Waals surface area (Å²) in [5.41, 5.74) is 0.250. The zero-order valence-electron chi connectivity index (χ0n) is 10.4. The van der Waals surface area contributed by atoms with E-state index in [1.807, 2.05) is 6.92 Å². The van der Waals surface area contributed by atoms with Gasteiger partial charge in [-0.25, -0.2) is 22.8 Å². The lowest BCUT2D eigenvalue weighted by atomic mass is 10.1. The van der Waals surface area contributed by atoms with Crippen LogP contribution in [0.3, 0.4) is 0 Å². The first-order chi connectivity index (χ1) is 8.43. The molecule has 2 rings (SSSR count). The second-order valence-corrected chi connectivity index (χ2v) is 6.69. The van der Waals surface area contributed by atoms with Crippen LogP contribution in [0.2, 0.25) is 0 Å². The Morgan fingerprint density at radius 1 is 1.44 bits per heavy atom. The summed E-state index contributed by atoms with van der Waals surface area (Å²) in [6, 6.07) is 0. The molecule has 0 saturated carbocycles. The second kappa shape index (κ2) is 4.79. The van der Waals surface area contributed by atoms with E-state index in [4.69, 9.17) is 0 Å². The van der Waals surface area contributed by atoms with E-state index in [1.54, 1.807) is 6.92 Å². The van der Waals surface area contributed by atoms with Gasteiger partial charge < -0.3 is 5.32 Å². The maximum absolute atomic E-state index is 13.7. The summed E-state index contributed by atoms with van der Waals surface area (Å²) < 4.78 is 36.6. The van der Waals surface area contributed by atoms with Crippen molar-refractivity contribution < 1.29 is 12.8 Å². The maximum Gasteiger partial charge on any atom is 0.186 e. The molecule has 0 spiro atoms. The summed E-state index contributed by atoms with van der Waals surface area (Å²) in [6.07, 6.45) is 0.513. The summed E-state index contributed by atoms with van der Waals surface area (Å²) in [6.45, 7) is 3.96. The van der Waals surface area contributed by atoms with E-state index >= 15 is 0 Å². The first-order valence-corrected chi connectivity index (χ1v) is 7.73. The Bertz CT molecular complexity index is 560. The fraction of sp³-hybridized carbons (Fsp3) is 0.636. The molecule has 1 aromatic heterocycles. The highest BCUT2D eigenvalue weighted by atomic mass is 32.2. The molecule has 0 aliphatic carbocycles. The van der Waals surface area contributed by atoms with Crippen molar-refractivity contribution in [3.8, 4) is 0 Å². The average Bonchev–Trinajstić information content (AvgIpc) is 2.65. The largest absolute Gasteiger partial charge is 0.368 e. The van der Waals surface area contributed by atoms with Gasteiger partial charge in [-0.3, -0.25) is 0 Å². The van der Waals surface area contributed by atoms with Crippen LogP contribution >= 0.6 is 0 Å². The van der Waals surface area contributed by atoms with Gasteiger partial charge in [0, 0.05) is 12.5 Å². The third-order valence-electron chi connectivity index (χ3n) is 2.98. The zero-order valence-corrected chi connectivity index (χ0v) is 11.2. The molecule has 2 heterocycles. The molecule has 7 heteroatoms. The highest BCUT2D eigenvalue weighted by Crippen LogP contribution is 2.28. The summed E-state index contributed by atoms with van der Waals surface area (Å²) in [7, 11) is -2.99. The molecule has 1 unspecified atom stereocenters. The summed E-state index contributed by atoms with van der Waals surface area (Å²) in [4.78, 5) is 8.18. The topological polar surface area (TPSA) is 72.0 Å². The highest BCUT2D eigenvalue weighted by Gasteiger charge is 2.31. The molecule has 1 aromatic rings. The van der Waals surface area contributed by atoms with Crippen LogP contribution in [-0.4, -0.2) is 36.4 Å². The molecular formula is C11H16FN3O2S. The van der Waals surface area contributed by atoms with E-state index < -0.39 is 15.7 Å². The number of hydrogen-bond donors (Lipinski definition) is 1. The van der Waals surface area contributed by atoms with Gasteiger partial charge in [0.15, 0.2) is 21.5 Å². The Labute approximate surface area is 106 Å². The fourth-order valence-corrected chi connectivity index (χ4v) is 3.79. The molecule has 1 atom stereocenters. The predicted molar refractivity (Wildman–Crippen MR) is 66.9 cm³/mol. The van der Waals surface area contributed by atoms with Crippen LogP contribution < -0.4 is 5.32 Å². The van der Waals surface area contributed by atoms with Crippen molar-refractivity contribution in [3.63, 3.8) is 0 Å². The summed E-state index contributed by atoms with van der Waals surface area (Å²) in [5, 5.41) is 2.83. The van der Waals surface area contributed by atoms with Gasteiger partial charge in [0.2, 0.25) is 0 Å². The molecule has 18 heavy (non-hydrogen) atoms. The van der Waals surface area contributed by atoms with Crippen molar-refractivity contribution in [3.05, 3.63) is 17.3 Å². The molecule has 1 N–H and O–H groups in total. The number of nitrogens with one attached hydrogen (secondary N) is 1. The second-order valence-electron chi connectivity index (χ2n) is 4.46. The van der Waals surface area contributed by atoms with Crippen LogP contribution in [0.5, 0.6) is 0 Å². The van der Waals surface area contributed by atoms with Gasteiger partial charge in [0.25, 0.3) is 0 Å². The molecule has 100 valence electrons. The van der Waals surface area contributed by atoms with Crippen LogP contribution in [0.25, 0.3) is 0 Å². The number of aryl methyl sites for hydroxylation is 1. The quantitative estimate of drug-likeness (QED) is 0.897. The van der Waals surface area contributed by atoms with Crippen LogP contribution in [0.15, 0.2) is 0 Å². The molecule has 0 radical (unpaired) electrons. The third kappa shape index (κ3) is 2.60. The van der Waals surface area contributed by atoms with E-state index in [0.29, 0.717) is 18.8 Å². The van der Waals surface area contributed by atoms with Crippen molar-refractivity contribution in [2.45, 2.75) is 26.2 Å². The lowest BCUT2D eigenvalue weighted by Crippen LogP contribution is -2.12. The average molecular weight is 273 g/mol. The minimum atomic E-state index is -2.99. The molecular weight excluding hydrogens is 257 g/mol. The van der Waals surface area contributed by atoms with Crippen LogP contribution in [0, 0.1) is 12.7 Å². The summed E-state index contributed by atoms with van der Waals surface area (Å²) >= 11 is 0. The van der Waals surface area contributed by atoms with E-state index in [-0.39, 0.29) is 28.9 Å². The van der Waals surface area contributed by atoms with Crippen LogP contribution in [0.1, 0.15) is 30.8 Å². The van der Waals surface area contributed by atoms with Crippen LogP contribution in [-0.2, 0) is 9.84 Å². The minimum absolute atomic E-state index is 0.0592. The van der Waals surface area contributed by atoms with Crippen molar-refractivity contribution in [2.24, 2.45) is 0 Å². The van der Waals surface area contributed by atoms with Crippen molar-refractivity contribution in [2.75, 3.05) is 23.4 Å². The number of halogens is 1. The zero-order chi connectivity index (χ0) is 13.3. The Morgan fingerprint density at radius 3 is 2.72 bits per heavy atom. The van der Waals surface area contributed by atoms with Gasteiger partial charge >= 0.3 is 0 Å². The third-order valence-corrected chi connectivity index (χ3v) is 4.74. The van der Waals surface area contributed by atoms with E-state index in [1.165, 1.54) is 0 Å². The standard InChI is InChI=1S/C11H16FN3O2S/c1-3-13-11-9(12)7(2)14-10(15-11)8-4-5-18(16,17)6-8/h8H,3-6H2,1-2H3,(H,13,14,15). The Kier molecular flexibility index (Phi) is 3.52. The smallest absolute Gasteiger partial charge is 0.186 e. The fourth-order valence-electron chi connectivity index (χ4n) is 2.05. The molecule has 1 saturated heterocycles. The van der Waals surface area contributed by atoms with Gasteiger partial charge in [0.05, 0.1) is 17.2 Å². The van der Waals surface area contributed by atoms with Gasteiger partial charge in [-0.1, -0.05) is 0 Å². The van der Waals surface area contributed by atoms with Gasteiger partial charge in [-0.2, -0.15) is 0 Å². The highest BCUT2D eigenvalue weighted by molar-refractivity contribution is 7.91. The van der Waals surface area contributed by atoms with Gasteiger partial charge in [-0.15, -0.1) is 0 Å². The van der Waals surface area contributed by atoms with E-state index in [0.717, 1.165) is 0 Å². The van der Waals surface area contributed by atoms with Crippen molar-refractivity contribution >= 4 is 15.7 Å². The normalized spacial score (nSPS) is 22.1. The summed E-state index contributed by atoms with van der Waals surface area (Å²) in [5.74, 6) is 0.112. The molecule has 1 aliphatic heterocycles. The molecule has 1 fully saturated rings. The molecule has 0 bridgehead atoms. The number of nitrogens with zero attached hydrogens (tertiary/aromatic N) is 2. The molecule has 0 amide bonds. The SMILES string of the molecule is CCNc1nc(C2CCS(=O)(=O)C2)nc(C)c1F. The van der Waals surface area contributed by atoms with E-state index in [2.05, 4.69) is 15.3 Å². The first kappa shape index (κ1) is 13.2. The Morgan fingerprint density at radius 2 is 2.17 bits per heavy atom. The van der Waals surface area contributed by atoms with Crippen molar-refractivity contribution in [1.29, 1.82) is 0 Å². The molecule has 0 aromatic carbocycles.